The standard InChI is InChI=1S/C20H27N5O2S/c1-15-6-10-24(11-7-15)18(26)14-28-20-23-22-19(16-4-8-21-9-5-16)25(20)13-17-3-2-12-27-17/h4-5,8-9,15,17H,2-3,6-7,10-14H2,1H3. The molecule has 0 aliphatic carbocycles. The van der Waals surface area contributed by atoms with E-state index in [1.54, 1.807) is 12.4 Å². The molecule has 28 heavy (non-hydrogen) atoms. The van der Waals surface area contributed by atoms with Crippen LogP contribution in [-0.2, 0) is 16.1 Å². The number of carbonyl (C=O) groups excluding carboxylic acids is 1. The number of pyridine rings is 1. The third kappa shape index (κ3) is 4.55. The number of ether oxygens (including phenoxy) is 1. The average Bonchev–Trinajstić information content (AvgIpc) is 3.38. The van der Waals surface area contributed by atoms with Crippen LogP contribution < -0.4 is 0 Å². The number of amides is 1. The van der Waals surface area contributed by atoms with Crippen LogP contribution in [0.1, 0.15) is 32.6 Å². The van der Waals surface area contributed by atoms with E-state index >= 15 is 0 Å². The number of likely N-dealkylation sites (tertiary alicyclic amines) is 1. The molecule has 1 unspecified atom stereocenters. The molecule has 2 aliphatic rings. The Kier molecular flexibility index (Phi) is 6.26. The van der Waals surface area contributed by atoms with Gasteiger partial charge in [-0.1, -0.05) is 18.7 Å². The van der Waals surface area contributed by atoms with Crippen LogP contribution in [0.25, 0.3) is 11.4 Å². The summed E-state index contributed by atoms with van der Waals surface area (Å²) in [6.45, 7) is 5.51. The molecule has 2 saturated heterocycles. The van der Waals surface area contributed by atoms with Gasteiger partial charge >= 0.3 is 0 Å². The summed E-state index contributed by atoms with van der Waals surface area (Å²) in [5.41, 5.74) is 0.976. The van der Waals surface area contributed by atoms with Gasteiger partial charge in [-0.2, -0.15) is 0 Å². The van der Waals surface area contributed by atoms with Crippen LogP contribution in [0.5, 0.6) is 0 Å². The van der Waals surface area contributed by atoms with E-state index in [4.69, 9.17) is 4.74 Å². The Morgan fingerprint density at radius 2 is 2.00 bits per heavy atom. The quantitative estimate of drug-likeness (QED) is 0.693. The average molecular weight is 402 g/mol. The van der Waals surface area contributed by atoms with Crippen LogP contribution in [0.15, 0.2) is 29.7 Å². The maximum absolute atomic E-state index is 12.6. The van der Waals surface area contributed by atoms with E-state index in [0.29, 0.717) is 18.2 Å². The van der Waals surface area contributed by atoms with Crippen molar-refractivity contribution in [3.63, 3.8) is 0 Å². The molecule has 2 aromatic rings. The van der Waals surface area contributed by atoms with Crippen LogP contribution in [0.3, 0.4) is 0 Å². The molecule has 0 spiro atoms. The Bertz CT molecular complexity index is 783. The Labute approximate surface area is 169 Å². The first-order valence-corrected chi connectivity index (χ1v) is 11.0. The fraction of sp³-hybridized carbons (Fsp3) is 0.600. The number of hydrogen-bond donors (Lipinski definition) is 0. The zero-order chi connectivity index (χ0) is 19.3. The van der Waals surface area contributed by atoms with Crippen LogP contribution in [-0.4, -0.2) is 62.1 Å². The molecule has 0 N–H and O–H groups in total. The highest BCUT2D eigenvalue weighted by Gasteiger charge is 2.24. The minimum absolute atomic E-state index is 0.176. The van der Waals surface area contributed by atoms with E-state index < -0.39 is 0 Å². The molecule has 2 fully saturated rings. The third-order valence-electron chi connectivity index (χ3n) is 5.53. The molecule has 0 bridgehead atoms. The Morgan fingerprint density at radius 3 is 2.71 bits per heavy atom. The van der Waals surface area contributed by atoms with Crippen molar-refractivity contribution >= 4 is 17.7 Å². The number of aromatic nitrogens is 4. The summed E-state index contributed by atoms with van der Waals surface area (Å²) in [5.74, 6) is 2.11. The van der Waals surface area contributed by atoms with Crippen molar-refractivity contribution in [2.24, 2.45) is 5.92 Å². The molecule has 0 saturated carbocycles. The first-order chi connectivity index (χ1) is 13.7. The van der Waals surface area contributed by atoms with E-state index in [-0.39, 0.29) is 12.0 Å². The smallest absolute Gasteiger partial charge is 0.233 e. The molecule has 4 rings (SSSR count). The van der Waals surface area contributed by atoms with Crippen LogP contribution in [0, 0.1) is 5.92 Å². The maximum Gasteiger partial charge on any atom is 0.233 e. The molecule has 0 radical (unpaired) electrons. The first kappa shape index (κ1) is 19.4. The van der Waals surface area contributed by atoms with Gasteiger partial charge in [0.1, 0.15) is 0 Å². The minimum atomic E-state index is 0.176. The Morgan fingerprint density at radius 1 is 1.21 bits per heavy atom. The fourth-order valence-corrected chi connectivity index (χ4v) is 4.59. The second kappa shape index (κ2) is 9.05. The van der Waals surface area contributed by atoms with E-state index in [9.17, 15) is 4.79 Å². The lowest BCUT2D eigenvalue weighted by atomic mass is 9.99. The second-order valence-corrected chi connectivity index (χ2v) is 8.58. The van der Waals surface area contributed by atoms with Gasteiger partial charge in [-0.25, -0.2) is 0 Å². The molecule has 4 heterocycles. The van der Waals surface area contributed by atoms with Crippen molar-refractivity contribution in [1.29, 1.82) is 0 Å². The van der Waals surface area contributed by atoms with Crippen molar-refractivity contribution in [3.8, 4) is 11.4 Å². The van der Waals surface area contributed by atoms with Gasteiger partial charge in [0, 0.05) is 37.7 Å². The molecule has 7 nitrogen and oxygen atoms in total. The highest BCUT2D eigenvalue weighted by molar-refractivity contribution is 7.99. The molecule has 1 atom stereocenters. The van der Waals surface area contributed by atoms with Gasteiger partial charge in [0.05, 0.1) is 18.4 Å². The van der Waals surface area contributed by atoms with E-state index in [1.807, 2.05) is 17.0 Å². The van der Waals surface area contributed by atoms with Crippen molar-refractivity contribution in [2.75, 3.05) is 25.4 Å². The number of piperidine rings is 1. The monoisotopic (exact) mass is 401 g/mol. The summed E-state index contributed by atoms with van der Waals surface area (Å²) in [5, 5.41) is 9.58. The molecular formula is C20H27N5O2S. The van der Waals surface area contributed by atoms with Crippen molar-refractivity contribution in [2.45, 2.75) is 50.4 Å². The summed E-state index contributed by atoms with van der Waals surface area (Å²) in [7, 11) is 0. The lowest BCUT2D eigenvalue weighted by molar-refractivity contribution is -0.129. The van der Waals surface area contributed by atoms with Gasteiger partial charge in [0.2, 0.25) is 5.91 Å². The van der Waals surface area contributed by atoms with Gasteiger partial charge in [0.25, 0.3) is 0 Å². The molecule has 150 valence electrons. The Balaban J connectivity index is 1.48. The molecule has 2 aliphatic heterocycles. The topological polar surface area (TPSA) is 73.1 Å². The van der Waals surface area contributed by atoms with Crippen LogP contribution in [0.4, 0.5) is 0 Å². The lowest BCUT2D eigenvalue weighted by Crippen LogP contribution is -2.38. The zero-order valence-electron chi connectivity index (χ0n) is 16.3. The molecule has 0 aromatic carbocycles. The van der Waals surface area contributed by atoms with Gasteiger partial charge in [0.15, 0.2) is 11.0 Å². The predicted octanol–water partition coefficient (Wildman–Crippen LogP) is 2.87. The van der Waals surface area contributed by atoms with Crippen molar-refractivity contribution in [3.05, 3.63) is 24.5 Å². The molecule has 8 heteroatoms. The summed E-state index contributed by atoms with van der Waals surface area (Å²) < 4.78 is 7.93. The molecule has 1 amide bonds. The molecule has 2 aromatic heterocycles. The summed E-state index contributed by atoms with van der Waals surface area (Å²) in [6, 6.07) is 3.87. The maximum atomic E-state index is 12.6. The number of hydrogen-bond acceptors (Lipinski definition) is 6. The SMILES string of the molecule is CC1CCN(C(=O)CSc2nnc(-c3ccncc3)n2CC2CCCO2)CC1. The van der Waals surface area contributed by atoms with Crippen molar-refractivity contribution < 1.29 is 9.53 Å². The number of thioether (sulfide) groups is 1. The third-order valence-corrected chi connectivity index (χ3v) is 6.48. The lowest BCUT2D eigenvalue weighted by Gasteiger charge is -2.30. The van der Waals surface area contributed by atoms with Gasteiger partial charge < -0.3 is 9.64 Å². The second-order valence-electron chi connectivity index (χ2n) is 7.64. The first-order valence-electron chi connectivity index (χ1n) is 10.1. The zero-order valence-corrected chi connectivity index (χ0v) is 17.1. The normalized spacial score (nSPS) is 20.6. The van der Waals surface area contributed by atoms with E-state index in [2.05, 4.69) is 26.7 Å². The number of nitrogens with zero attached hydrogens (tertiary/aromatic N) is 5. The minimum Gasteiger partial charge on any atom is -0.376 e. The van der Waals surface area contributed by atoms with Crippen molar-refractivity contribution in [1.82, 2.24) is 24.6 Å². The summed E-state index contributed by atoms with van der Waals surface area (Å²) in [4.78, 5) is 18.7. The highest BCUT2D eigenvalue weighted by atomic mass is 32.2. The van der Waals surface area contributed by atoms with E-state index in [0.717, 1.165) is 61.9 Å². The van der Waals surface area contributed by atoms with Crippen LogP contribution >= 0.6 is 11.8 Å². The number of carbonyl (C=O) groups is 1. The van der Waals surface area contributed by atoms with E-state index in [1.165, 1.54) is 11.8 Å². The van der Waals surface area contributed by atoms with Crippen LogP contribution in [0.2, 0.25) is 0 Å². The van der Waals surface area contributed by atoms with Gasteiger partial charge in [-0.3, -0.25) is 14.3 Å². The summed E-state index contributed by atoms with van der Waals surface area (Å²) in [6.07, 6.45) is 8.02. The molecular weight excluding hydrogens is 374 g/mol. The van der Waals surface area contributed by atoms with Gasteiger partial charge in [-0.15, -0.1) is 10.2 Å². The fourth-order valence-electron chi connectivity index (χ4n) is 3.74. The predicted molar refractivity (Wildman–Crippen MR) is 108 cm³/mol. The number of rotatable bonds is 6. The summed E-state index contributed by atoms with van der Waals surface area (Å²) >= 11 is 1.48. The highest BCUT2D eigenvalue weighted by Crippen LogP contribution is 2.27. The largest absolute Gasteiger partial charge is 0.376 e. The van der Waals surface area contributed by atoms with Gasteiger partial charge in [-0.05, 0) is 43.7 Å². The Hall–Kier alpha value is -1.93.